The molecule has 0 radical (unpaired) electrons. The maximum Gasteiger partial charge on any atom is 0.300 e. The topological polar surface area (TPSA) is 89.2 Å². The first-order valence-electron chi connectivity index (χ1n) is 12.2. The Labute approximate surface area is 220 Å². The number of aliphatic hydroxyl groups is 1. The van der Waals surface area contributed by atoms with Crippen molar-refractivity contribution < 1.29 is 28.6 Å². The number of carbonyl (C=O) groups is 2. The van der Waals surface area contributed by atoms with Crippen LogP contribution in [-0.4, -0.2) is 23.9 Å². The largest absolute Gasteiger partial charge is 0.507 e. The van der Waals surface area contributed by atoms with Crippen LogP contribution in [0.2, 0.25) is 0 Å². The van der Waals surface area contributed by atoms with Gasteiger partial charge in [0, 0.05) is 11.3 Å². The van der Waals surface area contributed by atoms with Crippen LogP contribution in [0.25, 0.3) is 5.76 Å². The number of ketones is 1. The standard InChI is InChI=1S/C31H27NO6/c1-19(2)24-18-20(11-16-25(24)36-3)29(33)27-28(26-10-7-17-37-26)32(31(35)30(27)34)21-12-14-23(15-13-21)38-22-8-5-4-6-9-22/h4-19,28,33H,1-3H3/b29-27-. The van der Waals surface area contributed by atoms with E-state index in [-0.39, 0.29) is 17.3 Å². The van der Waals surface area contributed by atoms with E-state index in [1.54, 1.807) is 61.7 Å². The molecule has 0 spiro atoms. The number of amides is 1. The van der Waals surface area contributed by atoms with Gasteiger partial charge in [-0.3, -0.25) is 14.5 Å². The van der Waals surface area contributed by atoms with Crippen LogP contribution < -0.4 is 14.4 Å². The number of Topliss-reactive ketones (excluding diaryl/α,β-unsaturated/α-hetero) is 1. The van der Waals surface area contributed by atoms with Crippen molar-refractivity contribution in [2.75, 3.05) is 12.0 Å². The Kier molecular flexibility index (Phi) is 6.75. The quantitative estimate of drug-likeness (QED) is 0.167. The normalized spacial score (nSPS) is 16.7. The van der Waals surface area contributed by atoms with Gasteiger partial charge in [-0.25, -0.2) is 0 Å². The van der Waals surface area contributed by atoms with Gasteiger partial charge >= 0.3 is 0 Å². The van der Waals surface area contributed by atoms with Crippen LogP contribution in [0.5, 0.6) is 17.2 Å². The average Bonchev–Trinajstić information content (AvgIpc) is 3.56. The maximum absolute atomic E-state index is 13.4. The van der Waals surface area contributed by atoms with E-state index in [1.165, 1.54) is 11.2 Å². The molecular formula is C31H27NO6. The summed E-state index contributed by atoms with van der Waals surface area (Å²) in [5.41, 5.74) is 1.70. The highest BCUT2D eigenvalue weighted by Crippen LogP contribution is 2.43. The van der Waals surface area contributed by atoms with E-state index in [4.69, 9.17) is 13.9 Å². The Morgan fingerprint density at radius 2 is 1.63 bits per heavy atom. The molecule has 7 heteroatoms. The van der Waals surface area contributed by atoms with Gasteiger partial charge in [0.05, 0.1) is 18.9 Å². The molecule has 0 saturated carbocycles. The molecule has 0 bridgehead atoms. The number of carbonyl (C=O) groups excluding carboxylic acids is 2. The van der Waals surface area contributed by atoms with Gasteiger partial charge in [0.15, 0.2) is 0 Å². The zero-order chi connectivity index (χ0) is 26.8. The molecule has 192 valence electrons. The van der Waals surface area contributed by atoms with Gasteiger partial charge in [0.25, 0.3) is 11.7 Å². The Hall–Kier alpha value is -4.78. The molecule has 1 amide bonds. The minimum atomic E-state index is -0.949. The Bertz CT molecular complexity index is 1490. The number of para-hydroxylation sites is 1. The average molecular weight is 510 g/mol. The summed E-state index contributed by atoms with van der Waals surface area (Å²) in [5, 5.41) is 11.4. The molecule has 1 unspecified atom stereocenters. The van der Waals surface area contributed by atoms with E-state index >= 15 is 0 Å². The molecule has 38 heavy (non-hydrogen) atoms. The van der Waals surface area contributed by atoms with Crippen molar-refractivity contribution in [3.63, 3.8) is 0 Å². The van der Waals surface area contributed by atoms with Crippen LogP contribution in [0, 0.1) is 0 Å². The second-order valence-electron chi connectivity index (χ2n) is 9.20. The van der Waals surface area contributed by atoms with Crippen molar-refractivity contribution in [2.24, 2.45) is 0 Å². The molecule has 2 heterocycles. The first-order chi connectivity index (χ1) is 18.4. The lowest BCUT2D eigenvalue weighted by Crippen LogP contribution is -2.29. The fraction of sp³-hybridized carbons (Fsp3) is 0.161. The van der Waals surface area contributed by atoms with Crippen LogP contribution in [0.4, 0.5) is 5.69 Å². The minimum absolute atomic E-state index is 0.0468. The fourth-order valence-electron chi connectivity index (χ4n) is 4.60. The van der Waals surface area contributed by atoms with Crippen molar-refractivity contribution >= 4 is 23.1 Å². The van der Waals surface area contributed by atoms with Crippen LogP contribution >= 0.6 is 0 Å². The van der Waals surface area contributed by atoms with Crippen molar-refractivity contribution in [1.82, 2.24) is 0 Å². The van der Waals surface area contributed by atoms with Gasteiger partial charge in [-0.15, -0.1) is 0 Å². The summed E-state index contributed by atoms with van der Waals surface area (Å²) in [6, 6.07) is 23.8. The number of furan rings is 1. The van der Waals surface area contributed by atoms with Crippen molar-refractivity contribution in [3.05, 3.63) is 114 Å². The molecule has 1 fully saturated rings. The molecule has 1 aromatic heterocycles. The summed E-state index contributed by atoms with van der Waals surface area (Å²) in [6.45, 7) is 4.02. The summed E-state index contributed by atoms with van der Waals surface area (Å²) in [4.78, 5) is 28.0. The number of ether oxygens (including phenoxy) is 2. The van der Waals surface area contributed by atoms with Gasteiger partial charge in [-0.05, 0) is 78.2 Å². The third-order valence-corrected chi connectivity index (χ3v) is 6.48. The van der Waals surface area contributed by atoms with Gasteiger partial charge in [0.1, 0.15) is 34.8 Å². The van der Waals surface area contributed by atoms with E-state index in [9.17, 15) is 14.7 Å². The first-order valence-corrected chi connectivity index (χ1v) is 12.2. The molecule has 4 aromatic rings. The lowest BCUT2D eigenvalue weighted by molar-refractivity contribution is -0.132. The van der Waals surface area contributed by atoms with E-state index < -0.39 is 17.7 Å². The minimum Gasteiger partial charge on any atom is -0.507 e. The number of methoxy groups -OCH3 is 1. The number of hydrogen-bond donors (Lipinski definition) is 1. The van der Waals surface area contributed by atoms with Crippen molar-refractivity contribution in [3.8, 4) is 17.2 Å². The Morgan fingerprint density at radius 3 is 2.26 bits per heavy atom. The number of aliphatic hydroxyl groups excluding tert-OH is 1. The molecule has 0 aliphatic carbocycles. The number of benzene rings is 3. The van der Waals surface area contributed by atoms with Crippen molar-refractivity contribution in [1.29, 1.82) is 0 Å². The number of nitrogens with zero attached hydrogens (tertiary/aromatic N) is 1. The van der Waals surface area contributed by atoms with Crippen molar-refractivity contribution in [2.45, 2.75) is 25.8 Å². The van der Waals surface area contributed by atoms with Gasteiger partial charge < -0.3 is 19.0 Å². The number of anilines is 1. The smallest absolute Gasteiger partial charge is 0.300 e. The maximum atomic E-state index is 13.4. The molecule has 1 aliphatic rings. The van der Waals surface area contributed by atoms with Gasteiger partial charge in [0.2, 0.25) is 0 Å². The highest BCUT2D eigenvalue weighted by Gasteiger charge is 2.48. The zero-order valence-corrected chi connectivity index (χ0v) is 21.3. The summed E-state index contributed by atoms with van der Waals surface area (Å²) in [5.74, 6) is 0.559. The van der Waals surface area contributed by atoms with E-state index in [0.29, 0.717) is 34.3 Å². The molecule has 1 atom stereocenters. The lowest BCUT2D eigenvalue weighted by atomic mass is 9.95. The molecule has 1 N–H and O–H groups in total. The number of hydrogen-bond acceptors (Lipinski definition) is 6. The summed E-state index contributed by atoms with van der Waals surface area (Å²) in [7, 11) is 1.58. The molecule has 5 rings (SSSR count). The van der Waals surface area contributed by atoms with Gasteiger partial charge in [-0.2, -0.15) is 0 Å². The number of rotatable bonds is 7. The summed E-state index contributed by atoms with van der Waals surface area (Å²) >= 11 is 0. The van der Waals surface area contributed by atoms with Gasteiger partial charge in [-0.1, -0.05) is 32.0 Å². The Morgan fingerprint density at radius 1 is 0.921 bits per heavy atom. The Balaban J connectivity index is 1.57. The van der Waals surface area contributed by atoms with Crippen LogP contribution in [0.1, 0.15) is 42.7 Å². The molecular weight excluding hydrogens is 482 g/mol. The summed E-state index contributed by atoms with van der Waals surface area (Å²) < 4.78 is 17.0. The summed E-state index contributed by atoms with van der Waals surface area (Å²) in [6.07, 6.45) is 1.47. The predicted molar refractivity (Wildman–Crippen MR) is 144 cm³/mol. The highest BCUT2D eigenvalue weighted by atomic mass is 16.5. The second-order valence-corrected chi connectivity index (χ2v) is 9.20. The highest BCUT2D eigenvalue weighted by molar-refractivity contribution is 6.51. The molecule has 1 aliphatic heterocycles. The van der Waals surface area contributed by atoms with E-state index in [1.807, 2.05) is 44.2 Å². The van der Waals surface area contributed by atoms with E-state index in [0.717, 1.165) is 5.56 Å². The zero-order valence-electron chi connectivity index (χ0n) is 21.3. The molecule has 7 nitrogen and oxygen atoms in total. The SMILES string of the molecule is COc1ccc(/C(O)=C2/C(=O)C(=O)N(c3ccc(Oc4ccccc4)cc3)C2c2ccco2)cc1C(C)C. The van der Waals surface area contributed by atoms with E-state index in [2.05, 4.69) is 0 Å². The third kappa shape index (κ3) is 4.54. The first kappa shape index (κ1) is 24.9. The third-order valence-electron chi connectivity index (χ3n) is 6.48. The van der Waals surface area contributed by atoms with Crippen LogP contribution in [0.15, 0.2) is 101 Å². The molecule has 1 saturated heterocycles. The predicted octanol–water partition coefficient (Wildman–Crippen LogP) is 6.83. The lowest BCUT2D eigenvalue weighted by Gasteiger charge is -2.23. The second kappa shape index (κ2) is 10.3. The van der Waals surface area contributed by atoms with Crippen LogP contribution in [0.3, 0.4) is 0 Å². The fourth-order valence-corrected chi connectivity index (χ4v) is 4.60. The molecule has 3 aromatic carbocycles. The van der Waals surface area contributed by atoms with Crippen LogP contribution in [-0.2, 0) is 9.59 Å². The monoisotopic (exact) mass is 509 g/mol.